The third-order valence-electron chi connectivity index (χ3n) is 4.16. The number of hydrogen-bond donors (Lipinski definition) is 1. The van der Waals surface area contributed by atoms with Gasteiger partial charge in [-0.15, -0.1) is 0 Å². The second-order valence-electron chi connectivity index (χ2n) is 5.70. The van der Waals surface area contributed by atoms with E-state index in [1.54, 1.807) is 6.20 Å². The van der Waals surface area contributed by atoms with Gasteiger partial charge in [-0.25, -0.2) is 0 Å². The smallest absolute Gasteiger partial charge is 0.0834 e. The third-order valence-corrected chi connectivity index (χ3v) is 4.45. The Labute approximate surface area is 126 Å². The number of aromatic nitrogens is 2. The summed E-state index contributed by atoms with van der Waals surface area (Å²) in [6.07, 6.45) is 2.95. The van der Waals surface area contributed by atoms with Crippen molar-refractivity contribution in [3.63, 3.8) is 0 Å². The molecular formula is C14H26ClN5. The molecule has 1 aromatic heterocycles. The minimum Gasteiger partial charge on any atom is -0.308 e. The average molecular weight is 300 g/mol. The quantitative estimate of drug-likeness (QED) is 0.911. The van der Waals surface area contributed by atoms with Crippen molar-refractivity contribution in [2.75, 3.05) is 40.3 Å². The molecule has 0 saturated carbocycles. The van der Waals surface area contributed by atoms with Crippen molar-refractivity contribution in [1.82, 2.24) is 24.9 Å². The second kappa shape index (κ2) is 6.89. The molecular weight excluding hydrogens is 274 g/mol. The normalized spacial score (nSPS) is 23.8. The van der Waals surface area contributed by atoms with Crippen molar-refractivity contribution < 1.29 is 0 Å². The van der Waals surface area contributed by atoms with Crippen molar-refractivity contribution in [3.8, 4) is 0 Å². The van der Waals surface area contributed by atoms with Crippen molar-refractivity contribution in [1.29, 1.82) is 0 Å². The summed E-state index contributed by atoms with van der Waals surface area (Å²) < 4.78 is 1.90. The predicted molar refractivity (Wildman–Crippen MR) is 83.2 cm³/mol. The zero-order valence-corrected chi connectivity index (χ0v) is 13.7. The molecule has 114 valence electrons. The van der Waals surface area contributed by atoms with Crippen LogP contribution in [0.2, 0.25) is 5.02 Å². The van der Waals surface area contributed by atoms with Gasteiger partial charge in [0.25, 0.3) is 0 Å². The second-order valence-corrected chi connectivity index (χ2v) is 6.11. The van der Waals surface area contributed by atoms with E-state index in [-0.39, 0.29) is 6.04 Å². The number of aryl methyl sites for hydroxylation is 1. The van der Waals surface area contributed by atoms with E-state index in [1.165, 1.54) is 6.42 Å². The van der Waals surface area contributed by atoms with Gasteiger partial charge in [0.2, 0.25) is 0 Å². The summed E-state index contributed by atoms with van der Waals surface area (Å²) >= 11 is 6.36. The van der Waals surface area contributed by atoms with Crippen LogP contribution in [0.25, 0.3) is 0 Å². The van der Waals surface area contributed by atoms with Crippen molar-refractivity contribution in [2.24, 2.45) is 7.05 Å². The summed E-state index contributed by atoms with van der Waals surface area (Å²) in [5.41, 5.74) is 1.08. The SMILES string of the molecule is CCNC(c1c(Cl)cnn1C)C1CN(C)CCCN1C. The molecule has 20 heavy (non-hydrogen) atoms. The maximum absolute atomic E-state index is 6.36. The first-order valence-electron chi connectivity index (χ1n) is 7.34. The van der Waals surface area contributed by atoms with Crippen LogP contribution in [0.3, 0.4) is 0 Å². The Kier molecular flexibility index (Phi) is 5.43. The average Bonchev–Trinajstić information content (AvgIpc) is 2.63. The number of halogens is 1. The highest BCUT2D eigenvalue weighted by Gasteiger charge is 2.32. The standard InChI is InChI=1S/C14H26ClN5/c1-5-16-13(14-11(15)9-17-20(14)4)12-10-18(2)7-6-8-19(12)3/h9,12-13,16H,5-8,10H2,1-4H3. The molecule has 1 aliphatic rings. The molecule has 2 atom stereocenters. The summed E-state index contributed by atoms with van der Waals surface area (Å²) in [5, 5.41) is 8.64. The van der Waals surface area contributed by atoms with E-state index in [1.807, 2.05) is 11.7 Å². The van der Waals surface area contributed by atoms with E-state index in [0.29, 0.717) is 6.04 Å². The molecule has 0 aromatic carbocycles. The first-order chi connectivity index (χ1) is 9.54. The highest BCUT2D eigenvalue weighted by atomic mass is 35.5. The van der Waals surface area contributed by atoms with Gasteiger partial charge in [0, 0.05) is 19.6 Å². The minimum absolute atomic E-state index is 0.200. The molecule has 0 radical (unpaired) electrons. The number of likely N-dealkylation sites (N-methyl/N-ethyl adjacent to an activating group) is 3. The van der Waals surface area contributed by atoms with Crippen molar-refractivity contribution >= 4 is 11.6 Å². The fourth-order valence-corrected chi connectivity index (χ4v) is 3.35. The predicted octanol–water partition coefficient (Wildman–Crippen LogP) is 1.36. The first kappa shape index (κ1) is 15.8. The van der Waals surface area contributed by atoms with Gasteiger partial charge in [0.1, 0.15) is 0 Å². The molecule has 2 heterocycles. The zero-order chi connectivity index (χ0) is 14.7. The van der Waals surface area contributed by atoms with E-state index in [2.05, 4.69) is 41.2 Å². The number of rotatable bonds is 4. The number of hydrogen-bond acceptors (Lipinski definition) is 4. The van der Waals surface area contributed by atoms with Crippen LogP contribution in [0.1, 0.15) is 25.1 Å². The van der Waals surface area contributed by atoms with Gasteiger partial charge in [-0.1, -0.05) is 18.5 Å². The Morgan fingerprint density at radius 2 is 2.15 bits per heavy atom. The monoisotopic (exact) mass is 299 g/mol. The van der Waals surface area contributed by atoms with Crippen LogP contribution in [-0.2, 0) is 7.05 Å². The Bertz CT molecular complexity index is 414. The van der Waals surface area contributed by atoms with Crippen LogP contribution in [0.4, 0.5) is 0 Å². The molecule has 2 rings (SSSR count). The topological polar surface area (TPSA) is 36.3 Å². The highest BCUT2D eigenvalue weighted by molar-refractivity contribution is 6.31. The van der Waals surface area contributed by atoms with Gasteiger partial charge in [-0.2, -0.15) is 5.10 Å². The van der Waals surface area contributed by atoms with Gasteiger partial charge in [0.15, 0.2) is 0 Å². The molecule has 1 aliphatic heterocycles. The van der Waals surface area contributed by atoms with Gasteiger partial charge in [-0.05, 0) is 40.2 Å². The Morgan fingerprint density at radius 1 is 1.40 bits per heavy atom. The van der Waals surface area contributed by atoms with Gasteiger partial charge in [-0.3, -0.25) is 4.68 Å². The summed E-state index contributed by atoms with van der Waals surface area (Å²) in [5.74, 6) is 0. The maximum atomic E-state index is 6.36. The van der Waals surface area contributed by atoms with Crippen molar-refractivity contribution in [2.45, 2.75) is 25.4 Å². The van der Waals surface area contributed by atoms with Crippen LogP contribution in [0.15, 0.2) is 6.20 Å². The summed E-state index contributed by atoms with van der Waals surface area (Å²) in [6, 6.07) is 0.598. The van der Waals surface area contributed by atoms with Crippen LogP contribution in [-0.4, -0.2) is 65.9 Å². The molecule has 6 heteroatoms. The molecule has 1 fully saturated rings. The summed E-state index contributed by atoms with van der Waals surface area (Å²) in [7, 11) is 6.37. The largest absolute Gasteiger partial charge is 0.308 e. The molecule has 0 amide bonds. The molecule has 1 aromatic rings. The molecule has 0 spiro atoms. The van der Waals surface area contributed by atoms with Crippen LogP contribution in [0.5, 0.6) is 0 Å². The molecule has 2 unspecified atom stereocenters. The lowest BCUT2D eigenvalue weighted by Gasteiger charge is -2.35. The summed E-state index contributed by atoms with van der Waals surface area (Å²) in [4.78, 5) is 4.85. The van der Waals surface area contributed by atoms with Crippen LogP contribution in [0, 0.1) is 0 Å². The Hall–Kier alpha value is -0.620. The fourth-order valence-electron chi connectivity index (χ4n) is 3.07. The van der Waals surface area contributed by atoms with Gasteiger partial charge in [0.05, 0.1) is 23.0 Å². The van der Waals surface area contributed by atoms with E-state index < -0.39 is 0 Å². The minimum atomic E-state index is 0.200. The molecule has 0 aliphatic carbocycles. The lowest BCUT2D eigenvalue weighted by atomic mass is 10.0. The molecule has 1 N–H and O–H groups in total. The van der Waals surface area contributed by atoms with Gasteiger partial charge >= 0.3 is 0 Å². The molecule has 5 nitrogen and oxygen atoms in total. The third kappa shape index (κ3) is 3.34. The van der Waals surface area contributed by atoms with Crippen LogP contribution >= 0.6 is 11.6 Å². The Balaban J connectivity index is 2.31. The van der Waals surface area contributed by atoms with Gasteiger partial charge < -0.3 is 15.1 Å². The molecule has 0 bridgehead atoms. The van der Waals surface area contributed by atoms with E-state index >= 15 is 0 Å². The number of nitrogens with one attached hydrogen (secondary N) is 1. The highest BCUT2D eigenvalue weighted by Crippen LogP contribution is 2.28. The lowest BCUT2D eigenvalue weighted by Crippen LogP contribution is -2.47. The van der Waals surface area contributed by atoms with E-state index in [4.69, 9.17) is 11.6 Å². The molecule has 1 saturated heterocycles. The zero-order valence-electron chi connectivity index (χ0n) is 12.9. The Morgan fingerprint density at radius 3 is 2.75 bits per heavy atom. The first-order valence-corrected chi connectivity index (χ1v) is 7.72. The van der Waals surface area contributed by atoms with Crippen LogP contribution < -0.4 is 5.32 Å². The summed E-state index contributed by atoms with van der Waals surface area (Å²) in [6.45, 7) is 6.36. The van der Waals surface area contributed by atoms with E-state index in [9.17, 15) is 0 Å². The lowest BCUT2D eigenvalue weighted by molar-refractivity contribution is 0.175. The fraction of sp³-hybridized carbons (Fsp3) is 0.786. The maximum Gasteiger partial charge on any atom is 0.0834 e. The van der Waals surface area contributed by atoms with E-state index in [0.717, 1.165) is 36.9 Å². The number of nitrogens with zero attached hydrogens (tertiary/aromatic N) is 4. The van der Waals surface area contributed by atoms with Crippen molar-refractivity contribution in [3.05, 3.63) is 16.9 Å².